The first-order valence-corrected chi connectivity index (χ1v) is 8.29. The summed E-state index contributed by atoms with van der Waals surface area (Å²) in [4.78, 5) is 0. The van der Waals surface area contributed by atoms with E-state index in [0.717, 1.165) is 17.9 Å². The number of hydrogen-bond acceptors (Lipinski definition) is 1. The minimum atomic E-state index is 0.522. The average molecular weight is 251 g/mol. The summed E-state index contributed by atoms with van der Waals surface area (Å²) in [7, 11) is 0. The quantitative estimate of drug-likeness (QED) is 0.762. The second-order valence-corrected chi connectivity index (χ2v) is 7.83. The van der Waals surface area contributed by atoms with E-state index in [1.165, 1.54) is 64.3 Å². The average Bonchev–Trinajstić information content (AvgIpc) is 2.37. The minimum Gasteiger partial charge on any atom is -0.314 e. The maximum absolute atomic E-state index is 3.86. The molecule has 2 aliphatic rings. The Bertz CT molecular complexity index is 226. The Hall–Kier alpha value is -0.0400. The van der Waals surface area contributed by atoms with Crippen LogP contribution in [0, 0.1) is 17.3 Å². The van der Waals surface area contributed by atoms with Gasteiger partial charge in [-0.25, -0.2) is 0 Å². The molecule has 0 aromatic heterocycles. The minimum absolute atomic E-state index is 0.522. The van der Waals surface area contributed by atoms with Crippen molar-refractivity contribution in [3.63, 3.8) is 0 Å². The van der Waals surface area contributed by atoms with Crippen molar-refractivity contribution in [3.8, 4) is 0 Å². The lowest BCUT2D eigenvalue weighted by molar-refractivity contribution is 0.157. The molecule has 1 N–H and O–H groups in total. The predicted molar refractivity (Wildman–Crippen MR) is 79.8 cm³/mol. The predicted octanol–water partition coefficient (Wildman–Crippen LogP) is 4.76. The molecule has 0 amide bonds. The molecule has 0 saturated heterocycles. The summed E-state index contributed by atoms with van der Waals surface area (Å²) in [6.45, 7) is 8.53. The molecule has 0 aliphatic heterocycles. The Kier molecular flexibility index (Phi) is 5.12. The van der Waals surface area contributed by atoms with E-state index < -0.39 is 0 Å². The molecule has 2 saturated carbocycles. The van der Waals surface area contributed by atoms with Gasteiger partial charge in [0.2, 0.25) is 0 Å². The highest BCUT2D eigenvalue weighted by molar-refractivity contribution is 4.84. The first kappa shape index (κ1) is 14.4. The topological polar surface area (TPSA) is 12.0 Å². The Morgan fingerprint density at radius 3 is 2.00 bits per heavy atom. The molecule has 0 heterocycles. The fraction of sp³-hybridized carbons (Fsp3) is 1.00. The summed E-state index contributed by atoms with van der Waals surface area (Å²) in [6.07, 6.45) is 13.1. The van der Waals surface area contributed by atoms with Gasteiger partial charge in [0.25, 0.3) is 0 Å². The molecule has 0 bridgehead atoms. The van der Waals surface area contributed by atoms with E-state index >= 15 is 0 Å². The highest BCUT2D eigenvalue weighted by Crippen LogP contribution is 2.37. The largest absolute Gasteiger partial charge is 0.314 e. The Labute approximate surface area is 114 Å². The lowest BCUT2D eigenvalue weighted by atomic mass is 9.71. The van der Waals surface area contributed by atoms with Crippen LogP contribution in [-0.4, -0.2) is 12.6 Å². The van der Waals surface area contributed by atoms with Gasteiger partial charge in [0.15, 0.2) is 0 Å². The van der Waals surface area contributed by atoms with Crippen LogP contribution >= 0.6 is 0 Å². The summed E-state index contributed by atoms with van der Waals surface area (Å²) in [5.41, 5.74) is 0.522. The molecule has 0 spiro atoms. The van der Waals surface area contributed by atoms with Crippen molar-refractivity contribution in [3.05, 3.63) is 0 Å². The zero-order valence-corrected chi connectivity index (χ0v) is 12.8. The summed E-state index contributed by atoms with van der Waals surface area (Å²) >= 11 is 0. The second-order valence-electron chi connectivity index (χ2n) is 7.83. The molecule has 2 fully saturated rings. The van der Waals surface area contributed by atoms with Crippen molar-refractivity contribution in [1.82, 2.24) is 5.32 Å². The lowest BCUT2D eigenvalue weighted by Gasteiger charge is -2.37. The van der Waals surface area contributed by atoms with Crippen LogP contribution < -0.4 is 5.32 Å². The molecule has 0 atom stereocenters. The van der Waals surface area contributed by atoms with E-state index in [1.807, 2.05) is 0 Å². The number of hydrogen-bond donors (Lipinski definition) is 1. The van der Waals surface area contributed by atoms with E-state index in [2.05, 4.69) is 26.1 Å². The van der Waals surface area contributed by atoms with Crippen LogP contribution in [0.1, 0.15) is 78.6 Å². The van der Waals surface area contributed by atoms with Crippen molar-refractivity contribution in [2.45, 2.75) is 84.6 Å². The molecule has 2 rings (SSSR count). The van der Waals surface area contributed by atoms with Gasteiger partial charge >= 0.3 is 0 Å². The highest BCUT2D eigenvalue weighted by Gasteiger charge is 2.29. The molecule has 1 heteroatoms. The zero-order chi connectivity index (χ0) is 13.0. The fourth-order valence-corrected chi connectivity index (χ4v) is 3.89. The van der Waals surface area contributed by atoms with Gasteiger partial charge in [0.1, 0.15) is 0 Å². The van der Waals surface area contributed by atoms with Gasteiger partial charge in [-0.1, -0.05) is 40.0 Å². The standard InChI is InChI=1S/C17H33N/c1-17(2,3)15-9-11-16(12-10-15)18-13-14-7-5-4-6-8-14/h14-16,18H,4-13H2,1-3H3/t15-,16-. The number of rotatable bonds is 3. The third kappa shape index (κ3) is 4.26. The van der Waals surface area contributed by atoms with E-state index in [9.17, 15) is 0 Å². The van der Waals surface area contributed by atoms with E-state index in [1.54, 1.807) is 0 Å². The Morgan fingerprint density at radius 2 is 1.44 bits per heavy atom. The molecule has 0 aromatic carbocycles. The van der Waals surface area contributed by atoms with Crippen LogP contribution in [0.5, 0.6) is 0 Å². The highest BCUT2D eigenvalue weighted by atomic mass is 14.9. The van der Waals surface area contributed by atoms with Gasteiger partial charge in [0, 0.05) is 6.04 Å². The molecule has 106 valence electrons. The van der Waals surface area contributed by atoms with Crippen molar-refractivity contribution in [1.29, 1.82) is 0 Å². The van der Waals surface area contributed by atoms with Crippen molar-refractivity contribution >= 4 is 0 Å². The van der Waals surface area contributed by atoms with Crippen LogP contribution in [-0.2, 0) is 0 Å². The Morgan fingerprint density at radius 1 is 0.833 bits per heavy atom. The van der Waals surface area contributed by atoms with Crippen molar-refractivity contribution in [2.75, 3.05) is 6.54 Å². The Balaban J connectivity index is 1.64. The monoisotopic (exact) mass is 251 g/mol. The van der Waals surface area contributed by atoms with E-state index in [4.69, 9.17) is 0 Å². The summed E-state index contributed by atoms with van der Waals surface area (Å²) in [5, 5.41) is 3.86. The van der Waals surface area contributed by atoms with Gasteiger partial charge in [-0.15, -0.1) is 0 Å². The fourth-order valence-electron chi connectivity index (χ4n) is 3.89. The van der Waals surface area contributed by atoms with Crippen LogP contribution in [0.4, 0.5) is 0 Å². The van der Waals surface area contributed by atoms with E-state index in [-0.39, 0.29) is 0 Å². The van der Waals surface area contributed by atoms with Crippen LogP contribution in [0.25, 0.3) is 0 Å². The summed E-state index contributed by atoms with van der Waals surface area (Å²) < 4.78 is 0. The first-order chi connectivity index (χ1) is 8.55. The normalized spacial score (nSPS) is 31.5. The molecule has 2 aliphatic carbocycles. The summed E-state index contributed by atoms with van der Waals surface area (Å²) in [5.74, 6) is 1.93. The van der Waals surface area contributed by atoms with Crippen molar-refractivity contribution < 1.29 is 0 Å². The van der Waals surface area contributed by atoms with Gasteiger partial charge < -0.3 is 5.32 Å². The maximum Gasteiger partial charge on any atom is 0.00673 e. The van der Waals surface area contributed by atoms with Crippen LogP contribution in [0.3, 0.4) is 0 Å². The van der Waals surface area contributed by atoms with Gasteiger partial charge in [-0.2, -0.15) is 0 Å². The van der Waals surface area contributed by atoms with Gasteiger partial charge in [-0.3, -0.25) is 0 Å². The maximum atomic E-state index is 3.86. The third-order valence-electron chi connectivity index (χ3n) is 5.37. The smallest absolute Gasteiger partial charge is 0.00673 e. The third-order valence-corrected chi connectivity index (χ3v) is 5.37. The number of nitrogens with one attached hydrogen (secondary N) is 1. The molecule has 18 heavy (non-hydrogen) atoms. The summed E-state index contributed by atoms with van der Waals surface area (Å²) in [6, 6.07) is 0.825. The van der Waals surface area contributed by atoms with Gasteiger partial charge in [-0.05, 0) is 62.3 Å². The molecule has 1 nitrogen and oxygen atoms in total. The second kappa shape index (κ2) is 6.41. The molecule has 0 radical (unpaired) electrons. The van der Waals surface area contributed by atoms with Crippen LogP contribution in [0.2, 0.25) is 0 Å². The zero-order valence-electron chi connectivity index (χ0n) is 12.8. The SMILES string of the molecule is CC(C)(C)[C@H]1CC[C@H](NCC2CCCCC2)CC1. The molecule has 0 aromatic rings. The van der Waals surface area contributed by atoms with Crippen molar-refractivity contribution in [2.24, 2.45) is 17.3 Å². The van der Waals surface area contributed by atoms with E-state index in [0.29, 0.717) is 5.41 Å². The van der Waals surface area contributed by atoms with Gasteiger partial charge in [0.05, 0.1) is 0 Å². The first-order valence-electron chi connectivity index (χ1n) is 8.29. The molecular formula is C17H33N. The lowest BCUT2D eigenvalue weighted by Crippen LogP contribution is -2.38. The molecule has 0 unspecified atom stereocenters. The molecular weight excluding hydrogens is 218 g/mol. The van der Waals surface area contributed by atoms with Crippen LogP contribution in [0.15, 0.2) is 0 Å².